The van der Waals surface area contributed by atoms with Gasteiger partial charge in [-0.1, -0.05) is 11.6 Å². The minimum Gasteiger partial charge on any atom is -0.352 e. The molecule has 3 aromatic rings. The predicted octanol–water partition coefficient (Wildman–Crippen LogP) is 3.42. The molecule has 0 saturated heterocycles. The fourth-order valence-electron chi connectivity index (χ4n) is 2.40. The minimum atomic E-state index is -0.507. The van der Waals surface area contributed by atoms with Gasteiger partial charge < -0.3 is 10.6 Å². The number of hydrogen-bond acceptors (Lipinski definition) is 3. The number of halogens is 2. The lowest BCUT2D eigenvalue weighted by Gasteiger charge is -2.09. The topological polar surface area (TPSA) is 76.0 Å². The maximum absolute atomic E-state index is 14.2. The van der Waals surface area contributed by atoms with E-state index in [4.69, 9.17) is 11.6 Å². The zero-order valence-corrected chi connectivity index (χ0v) is 14.9. The molecule has 6 nitrogen and oxygen atoms in total. The van der Waals surface area contributed by atoms with E-state index < -0.39 is 5.82 Å². The molecule has 2 amide bonds. The van der Waals surface area contributed by atoms with Crippen LogP contribution in [0.5, 0.6) is 0 Å². The van der Waals surface area contributed by atoms with E-state index in [1.54, 1.807) is 48.8 Å². The van der Waals surface area contributed by atoms with Crippen LogP contribution in [0.15, 0.2) is 60.9 Å². The smallest absolute Gasteiger partial charge is 0.251 e. The lowest BCUT2D eigenvalue weighted by Crippen LogP contribution is -2.27. The fourth-order valence-corrected chi connectivity index (χ4v) is 2.52. The van der Waals surface area contributed by atoms with Gasteiger partial charge in [0.15, 0.2) is 5.82 Å². The number of amides is 2. The second-order valence-electron chi connectivity index (χ2n) is 5.68. The van der Waals surface area contributed by atoms with Crippen LogP contribution in [0.25, 0.3) is 5.69 Å². The van der Waals surface area contributed by atoms with Gasteiger partial charge in [-0.3, -0.25) is 9.59 Å². The van der Waals surface area contributed by atoms with Gasteiger partial charge in [0.1, 0.15) is 5.69 Å². The zero-order valence-electron chi connectivity index (χ0n) is 14.2. The monoisotopic (exact) mass is 386 g/mol. The second-order valence-corrected chi connectivity index (χ2v) is 6.11. The first-order valence-electron chi connectivity index (χ1n) is 8.16. The summed E-state index contributed by atoms with van der Waals surface area (Å²) < 4.78 is 15.6. The summed E-state index contributed by atoms with van der Waals surface area (Å²) in [4.78, 5) is 23.9. The Balaban J connectivity index is 1.50. The molecule has 2 N–H and O–H groups in total. The molecule has 138 valence electrons. The fraction of sp³-hybridized carbons (Fsp3) is 0.105. The standard InChI is InChI=1S/C19H16ClFN4O2/c20-14-4-2-13(3-5-14)19(27)22-10-8-18(26)24-15-6-7-17(16(21)12-15)25-11-1-9-23-25/h1-7,9,11-12H,8,10H2,(H,22,27)(H,24,26). The molecule has 0 saturated carbocycles. The molecule has 0 unspecified atom stereocenters. The Morgan fingerprint density at radius 3 is 2.59 bits per heavy atom. The van der Waals surface area contributed by atoms with Crippen molar-refractivity contribution in [1.29, 1.82) is 0 Å². The summed E-state index contributed by atoms with van der Waals surface area (Å²) in [5.74, 6) is -1.14. The Morgan fingerprint density at radius 1 is 1.15 bits per heavy atom. The first kappa shape index (κ1) is 18.6. The van der Waals surface area contributed by atoms with Crippen molar-refractivity contribution in [3.05, 3.63) is 77.3 Å². The van der Waals surface area contributed by atoms with Gasteiger partial charge in [0.05, 0.1) is 0 Å². The number of anilines is 1. The maximum Gasteiger partial charge on any atom is 0.251 e. The molecule has 1 heterocycles. The number of aromatic nitrogens is 2. The summed E-state index contributed by atoms with van der Waals surface area (Å²) in [6, 6.07) is 12.5. The van der Waals surface area contributed by atoms with E-state index in [0.717, 1.165) is 0 Å². The van der Waals surface area contributed by atoms with Crippen molar-refractivity contribution in [2.24, 2.45) is 0 Å². The van der Waals surface area contributed by atoms with Crippen molar-refractivity contribution < 1.29 is 14.0 Å². The number of hydrogen-bond donors (Lipinski definition) is 2. The van der Waals surface area contributed by atoms with Gasteiger partial charge in [0, 0.05) is 41.6 Å². The lowest BCUT2D eigenvalue weighted by molar-refractivity contribution is -0.116. The van der Waals surface area contributed by atoms with E-state index in [1.807, 2.05) is 0 Å². The molecule has 0 bridgehead atoms. The summed E-state index contributed by atoms with van der Waals surface area (Å²) >= 11 is 5.77. The van der Waals surface area contributed by atoms with E-state index in [-0.39, 0.29) is 30.5 Å². The highest BCUT2D eigenvalue weighted by Crippen LogP contribution is 2.17. The first-order chi connectivity index (χ1) is 13.0. The predicted molar refractivity (Wildman–Crippen MR) is 101 cm³/mol. The van der Waals surface area contributed by atoms with Crippen LogP contribution in [0.4, 0.5) is 10.1 Å². The van der Waals surface area contributed by atoms with Crippen molar-refractivity contribution >= 4 is 29.1 Å². The highest BCUT2D eigenvalue weighted by atomic mass is 35.5. The van der Waals surface area contributed by atoms with Crippen molar-refractivity contribution in [3.63, 3.8) is 0 Å². The summed E-state index contributed by atoms with van der Waals surface area (Å²) in [7, 11) is 0. The van der Waals surface area contributed by atoms with Gasteiger partial charge in [0.2, 0.25) is 5.91 Å². The minimum absolute atomic E-state index is 0.0574. The van der Waals surface area contributed by atoms with E-state index in [0.29, 0.717) is 16.3 Å². The van der Waals surface area contributed by atoms with E-state index in [9.17, 15) is 14.0 Å². The molecule has 27 heavy (non-hydrogen) atoms. The molecule has 0 aliphatic rings. The molecular formula is C19H16ClFN4O2. The summed E-state index contributed by atoms with van der Waals surface area (Å²) in [5, 5.41) is 9.75. The third-order valence-corrected chi connectivity index (χ3v) is 3.98. The average Bonchev–Trinajstić information content (AvgIpc) is 3.16. The molecule has 0 radical (unpaired) electrons. The quantitative estimate of drug-likeness (QED) is 0.681. The Kier molecular flexibility index (Phi) is 5.83. The average molecular weight is 387 g/mol. The van der Waals surface area contributed by atoms with E-state index in [2.05, 4.69) is 15.7 Å². The lowest BCUT2D eigenvalue weighted by atomic mass is 10.2. The number of carbonyl (C=O) groups is 2. The molecule has 2 aromatic carbocycles. The van der Waals surface area contributed by atoms with Gasteiger partial charge in [0.25, 0.3) is 5.91 Å². The molecule has 0 atom stereocenters. The SMILES string of the molecule is O=C(CCNC(=O)c1ccc(Cl)cc1)Nc1ccc(-n2cccn2)c(F)c1. The van der Waals surface area contributed by atoms with Crippen LogP contribution in [0.1, 0.15) is 16.8 Å². The summed E-state index contributed by atoms with van der Waals surface area (Å²) in [6.45, 7) is 0.154. The Labute approximate surface area is 160 Å². The number of nitrogens with one attached hydrogen (secondary N) is 2. The molecule has 8 heteroatoms. The molecule has 3 rings (SSSR count). The second kappa shape index (κ2) is 8.46. The number of benzene rings is 2. The van der Waals surface area contributed by atoms with Gasteiger partial charge in [-0.2, -0.15) is 5.10 Å². The van der Waals surface area contributed by atoms with Crippen LogP contribution < -0.4 is 10.6 Å². The molecular weight excluding hydrogens is 371 g/mol. The highest BCUT2D eigenvalue weighted by Gasteiger charge is 2.09. The zero-order chi connectivity index (χ0) is 19.2. The van der Waals surface area contributed by atoms with Gasteiger partial charge in [-0.15, -0.1) is 0 Å². The maximum atomic E-state index is 14.2. The number of rotatable bonds is 6. The van der Waals surface area contributed by atoms with Crippen molar-refractivity contribution in [2.75, 3.05) is 11.9 Å². The molecule has 0 spiro atoms. The van der Waals surface area contributed by atoms with Crippen LogP contribution in [0, 0.1) is 5.82 Å². The van der Waals surface area contributed by atoms with Crippen LogP contribution in [-0.2, 0) is 4.79 Å². The third kappa shape index (κ3) is 4.92. The normalized spacial score (nSPS) is 10.4. The first-order valence-corrected chi connectivity index (χ1v) is 8.54. The van der Waals surface area contributed by atoms with Crippen molar-refractivity contribution in [1.82, 2.24) is 15.1 Å². The molecule has 0 fully saturated rings. The largest absolute Gasteiger partial charge is 0.352 e. The van der Waals surface area contributed by atoms with Crippen molar-refractivity contribution in [3.8, 4) is 5.69 Å². The Hall–Kier alpha value is -3.19. The van der Waals surface area contributed by atoms with E-state index in [1.165, 1.54) is 16.8 Å². The van der Waals surface area contributed by atoms with Gasteiger partial charge >= 0.3 is 0 Å². The molecule has 0 aliphatic heterocycles. The van der Waals surface area contributed by atoms with E-state index >= 15 is 0 Å². The van der Waals surface area contributed by atoms with Crippen LogP contribution in [-0.4, -0.2) is 28.1 Å². The number of nitrogens with zero attached hydrogens (tertiary/aromatic N) is 2. The highest BCUT2D eigenvalue weighted by molar-refractivity contribution is 6.30. The van der Waals surface area contributed by atoms with Crippen LogP contribution in [0.3, 0.4) is 0 Å². The van der Waals surface area contributed by atoms with Gasteiger partial charge in [-0.05, 0) is 48.5 Å². The Morgan fingerprint density at radius 2 is 1.93 bits per heavy atom. The van der Waals surface area contributed by atoms with Crippen molar-refractivity contribution in [2.45, 2.75) is 6.42 Å². The summed E-state index contributed by atoms with van der Waals surface area (Å²) in [6.07, 6.45) is 3.23. The summed E-state index contributed by atoms with van der Waals surface area (Å²) in [5.41, 5.74) is 1.07. The molecule has 1 aromatic heterocycles. The third-order valence-electron chi connectivity index (χ3n) is 3.73. The van der Waals surface area contributed by atoms with Gasteiger partial charge in [-0.25, -0.2) is 9.07 Å². The molecule has 0 aliphatic carbocycles. The van der Waals surface area contributed by atoms with Crippen LogP contribution in [0.2, 0.25) is 5.02 Å². The number of carbonyl (C=O) groups excluding carboxylic acids is 2. The van der Waals surface area contributed by atoms with Crippen LogP contribution >= 0.6 is 11.6 Å². The Bertz CT molecular complexity index is 943.